The second kappa shape index (κ2) is 3.57. The van der Waals surface area contributed by atoms with E-state index in [4.69, 9.17) is 11.5 Å². The lowest BCUT2D eigenvalue weighted by Crippen LogP contribution is -2.01. The van der Waals surface area contributed by atoms with E-state index in [1.807, 2.05) is 31.2 Å². The molecule has 0 radical (unpaired) electrons. The Morgan fingerprint density at radius 2 is 1.87 bits per heavy atom. The zero-order valence-corrected chi connectivity index (χ0v) is 8.44. The summed E-state index contributed by atoms with van der Waals surface area (Å²) in [6, 6.07) is 7.86. The van der Waals surface area contributed by atoms with Crippen molar-refractivity contribution < 1.29 is 0 Å². The van der Waals surface area contributed by atoms with E-state index >= 15 is 0 Å². The fourth-order valence-corrected chi connectivity index (χ4v) is 1.45. The lowest BCUT2D eigenvalue weighted by molar-refractivity contribution is 1.22. The van der Waals surface area contributed by atoms with Crippen LogP contribution in [-0.4, -0.2) is 9.97 Å². The summed E-state index contributed by atoms with van der Waals surface area (Å²) in [5, 5.41) is 0. The number of rotatable bonds is 1. The molecule has 2 rings (SSSR count). The van der Waals surface area contributed by atoms with E-state index in [9.17, 15) is 0 Å². The number of hydrogen-bond acceptors (Lipinski definition) is 4. The van der Waals surface area contributed by atoms with Crippen molar-refractivity contribution in [2.45, 2.75) is 6.92 Å². The quantitative estimate of drug-likeness (QED) is 0.733. The standard InChI is InChI=1S/C11H12N4/c1-7-4-2-3-5-8(7)10-11(13)14-6-9(12)15-10/h2-6H,1H3,(H2,12,15)(H2,13,14). The van der Waals surface area contributed by atoms with Gasteiger partial charge in [0.2, 0.25) is 0 Å². The summed E-state index contributed by atoms with van der Waals surface area (Å²) in [6.07, 6.45) is 1.46. The van der Waals surface area contributed by atoms with Crippen LogP contribution in [0, 0.1) is 6.92 Å². The Morgan fingerprint density at radius 3 is 2.60 bits per heavy atom. The number of aryl methyl sites for hydroxylation is 1. The fraction of sp³-hybridized carbons (Fsp3) is 0.0909. The first-order valence-corrected chi connectivity index (χ1v) is 4.62. The average molecular weight is 200 g/mol. The zero-order valence-electron chi connectivity index (χ0n) is 8.44. The van der Waals surface area contributed by atoms with Gasteiger partial charge < -0.3 is 11.5 Å². The molecular formula is C11H12N4. The first-order chi connectivity index (χ1) is 7.18. The van der Waals surface area contributed by atoms with Crippen molar-refractivity contribution in [1.29, 1.82) is 0 Å². The number of nitrogens with zero attached hydrogens (tertiary/aromatic N) is 2. The predicted octanol–water partition coefficient (Wildman–Crippen LogP) is 1.62. The molecule has 4 nitrogen and oxygen atoms in total. The molecule has 1 heterocycles. The maximum absolute atomic E-state index is 5.76. The molecule has 0 aliphatic rings. The van der Waals surface area contributed by atoms with E-state index in [1.54, 1.807) is 0 Å². The molecule has 0 aliphatic carbocycles. The van der Waals surface area contributed by atoms with Gasteiger partial charge in [-0.15, -0.1) is 0 Å². The Bertz CT molecular complexity index is 494. The van der Waals surface area contributed by atoms with Gasteiger partial charge in [-0.25, -0.2) is 9.97 Å². The summed E-state index contributed by atoms with van der Waals surface area (Å²) in [5.41, 5.74) is 14.1. The van der Waals surface area contributed by atoms with Gasteiger partial charge in [-0.3, -0.25) is 0 Å². The number of nitrogen functional groups attached to an aromatic ring is 2. The van der Waals surface area contributed by atoms with Crippen LogP contribution in [0.1, 0.15) is 5.56 Å². The second-order valence-corrected chi connectivity index (χ2v) is 3.34. The van der Waals surface area contributed by atoms with E-state index in [0.29, 0.717) is 17.3 Å². The van der Waals surface area contributed by atoms with E-state index in [0.717, 1.165) is 11.1 Å². The highest BCUT2D eigenvalue weighted by Gasteiger charge is 2.08. The van der Waals surface area contributed by atoms with Crippen LogP contribution < -0.4 is 11.5 Å². The van der Waals surface area contributed by atoms with Crippen LogP contribution in [0.5, 0.6) is 0 Å². The molecule has 0 atom stereocenters. The highest BCUT2D eigenvalue weighted by Crippen LogP contribution is 2.25. The van der Waals surface area contributed by atoms with Gasteiger partial charge in [0.15, 0.2) is 0 Å². The first kappa shape index (κ1) is 9.45. The molecule has 2 aromatic rings. The normalized spacial score (nSPS) is 10.2. The van der Waals surface area contributed by atoms with Crippen molar-refractivity contribution in [3.63, 3.8) is 0 Å². The van der Waals surface area contributed by atoms with Crippen molar-refractivity contribution in [3.8, 4) is 11.3 Å². The maximum Gasteiger partial charge on any atom is 0.150 e. The Morgan fingerprint density at radius 1 is 1.13 bits per heavy atom. The van der Waals surface area contributed by atoms with Crippen LogP contribution >= 0.6 is 0 Å². The molecule has 0 aliphatic heterocycles. The van der Waals surface area contributed by atoms with Gasteiger partial charge in [0, 0.05) is 5.56 Å². The van der Waals surface area contributed by atoms with Gasteiger partial charge in [0.25, 0.3) is 0 Å². The summed E-state index contributed by atoms with van der Waals surface area (Å²) in [7, 11) is 0. The van der Waals surface area contributed by atoms with Crippen LogP contribution in [0.15, 0.2) is 30.5 Å². The minimum atomic E-state index is 0.377. The van der Waals surface area contributed by atoms with Crippen LogP contribution in [0.4, 0.5) is 11.6 Å². The van der Waals surface area contributed by atoms with Gasteiger partial charge in [-0.2, -0.15) is 0 Å². The molecule has 0 unspecified atom stereocenters. The Balaban J connectivity index is 2.64. The minimum Gasteiger partial charge on any atom is -0.382 e. The molecule has 4 heteroatoms. The molecule has 0 saturated heterocycles. The molecule has 1 aromatic carbocycles. The molecule has 15 heavy (non-hydrogen) atoms. The van der Waals surface area contributed by atoms with Crippen molar-refractivity contribution >= 4 is 11.6 Å². The SMILES string of the molecule is Cc1ccccc1-c1nc(N)cnc1N. The van der Waals surface area contributed by atoms with Gasteiger partial charge in [0.05, 0.1) is 6.20 Å². The lowest BCUT2D eigenvalue weighted by Gasteiger charge is -2.07. The summed E-state index contributed by atoms with van der Waals surface area (Å²) < 4.78 is 0. The average Bonchev–Trinajstić information content (AvgIpc) is 2.23. The topological polar surface area (TPSA) is 77.8 Å². The van der Waals surface area contributed by atoms with Gasteiger partial charge in [-0.05, 0) is 12.5 Å². The summed E-state index contributed by atoms with van der Waals surface area (Å²) in [4.78, 5) is 8.18. The van der Waals surface area contributed by atoms with E-state index < -0.39 is 0 Å². The van der Waals surface area contributed by atoms with Gasteiger partial charge >= 0.3 is 0 Å². The minimum absolute atomic E-state index is 0.377. The van der Waals surface area contributed by atoms with E-state index in [1.165, 1.54) is 6.20 Å². The van der Waals surface area contributed by atoms with E-state index in [-0.39, 0.29) is 0 Å². The molecule has 0 amide bonds. The monoisotopic (exact) mass is 200 g/mol. The molecule has 4 N–H and O–H groups in total. The maximum atomic E-state index is 5.76. The largest absolute Gasteiger partial charge is 0.382 e. The van der Waals surface area contributed by atoms with Gasteiger partial charge in [0.1, 0.15) is 17.3 Å². The second-order valence-electron chi connectivity index (χ2n) is 3.34. The van der Waals surface area contributed by atoms with Crippen molar-refractivity contribution in [1.82, 2.24) is 9.97 Å². The third-order valence-electron chi connectivity index (χ3n) is 2.22. The first-order valence-electron chi connectivity index (χ1n) is 4.62. The summed E-state index contributed by atoms with van der Waals surface area (Å²) in [5.74, 6) is 0.779. The highest BCUT2D eigenvalue weighted by atomic mass is 15.0. The third-order valence-corrected chi connectivity index (χ3v) is 2.22. The molecule has 0 saturated carbocycles. The lowest BCUT2D eigenvalue weighted by atomic mass is 10.1. The molecule has 76 valence electrons. The van der Waals surface area contributed by atoms with Crippen molar-refractivity contribution in [2.24, 2.45) is 0 Å². The number of benzene rings is 1. The Kier molecular flexibility index (Phi) is 2.25. The molecular weight excluding hydrogens is 188 g/mol. The molecule has 0 spiro atoms. The van der Waals surface area contributed by atoms with Crippen molar-refractivity contribution in [2.75, 3.05) is 11.5 Å². The molecule has 0 bridgehead atoms. The van der Waals surface area contributed by atoms with E-state index in [2.05, 4.69) is 9.97 Å². The van der Waals surface area contributed by atoms with Crippen LogP contribution in [0.2, 0.25) is 0 Å². The number of anilines is 2. The van der Waals surface area contributed by atoms with Gasteiger partial charge in [-0.1, -0.05) is 24.3 Å². The highest BCUT2D eigenvalue weighted by molar-refractivity contribution is 5.73. The predicted molar refractivity (Wildman–Crippen MR) is 61.0 cm³/mol. The van der Waals surface area contributed by atoms with Crippen LogP contribution in [0.25, 0.3) is 11.3 Å². The zero-order chi connectivity index (χ0) is 10.8. The number of hydrogen-bond donors (Lipinski definition) is 2. The third kappa shape index (κ3) is 1.74. The summed E-state index contributed by atoms with van der Waals surface area (Å²) >= 11 is 0. The molecule has 1 aromatic heterocycles. The van der Waals surface area contributed by atoms with Crippen LogP contribution in [-0.2, 0) is 0 Å². The summed E-state index contributed by atoms with van der Waals surface area (Å²) in [6.45, 7) is 2.00. The fourth-order valence-electron chi connectivity index (χ4n) is 1.45. The Hall–Kier alpha value is -2.10. The molecule has 0 fully saturated rings. The van der Waals surface area contributed by atoms with Crippen LogP contribution in [0.3, 0.4) is 0 Å². The Labute approximate surface area is 88.0 Å². The number of aromatic nitrogens is 2. The van der Waals surface area contributed by atoms with Crippen molar-refractivity contribution in [3.05, 3.63) is 36.0 Å². The number of nitrogens with two attached hydrogens (primary N) is 2. The smallest absolute Gasteiger partial charge is 0.150 e.